The summed E-state index contributed by atoms with van der Waals surface area (Å²) in [6, 6.07) is 22.6. The van der Waals surface area contributed by atoms with Crippen molar-refractivity contribution in [2.45, 2.75) is 25.2 Å². The molecule has 33 heavy (non-hydrogen) atoms. The molecule has 5 heteroatoms. The molecule has 0 radical (unpaired) electrons. The number of amides is 2. The molecule has 0 N–H and O–H groups in total. The summed E-state index contributed by atoms with van der Waals surface area (Å²) in [6.07, 6.45) is 0. The van der Waals surface area contributed by atoms with Gasteiger partial charge in [-0.15, -0.1) is 0 Å². The Kier molecular flexibility index (Phi) is 4.15. The van der Waals surface area contributed by atoms with Crippen molar-refractivity contribution in [3.8, 4) is 5.75 Å². The fourth-order valence-electron chi connectivity index (χ4n) is 6.48. The van der Waals surface area contributed by atoms with Crippen LogP contribution in [0.2, 0.25) is 0 Å². The lowest BCUT2D eigenvalue weighted by Crippen LogP contribution is -2.57. The van der Waals surface area contributed by atoms with Crippen molar-refractivity contribution in [3.05, 3.63) is 95.1 Å². The highest BCUT2D eigenvalue weighted by molar-refractivity contribution is 6.25. The highest BCUT2D eigenvalue weighted by atomic mass is 16.5. The summed E-state index contributed by atoms with van der Waals surface area (Å²) in [5.41, 5.74) is 3.01. The van der Waals surface area contributed by atoms with Crippen LogP contribution in [0.1, 0.15) is 42.0 Å². The Bertz CT molecular complexity index is 1280. The molecule has 3 aliphatic carbocycles. The molecule has 1 unspecified atom stereocenters. The number of hydrogen-bond acceptors (Lipinski definition) is 4. The maximum atomic E-state index is 14.0. The molecule has 0 aromatic heterocycles. The van der Waals surface area contributed by atoms with Gasteiger partial charge in [-0.3, -0.25) is 14.4 Å². The van der Waals surface area contributed by atoms with E-state index in [9.17, 15) is 14.4 Å². The number of nitrogens with zero attached hydrogens (tertiary/aromatic N) is 1. The van der Waals surface area contributed by atoms with Crippen molar-refractivity contribution in [3.63, 3.8) is 0 Å². The lowest BCUT2D eigenvalue weighted by Gasteiger charge is -2.52. The number of imide groups is 1. The van der Waals surface area contributed by atoms with E-state index in [2.05, 4.69) is 0 Å². The van der Waals surface area contributed by atoms with Gasteiger partial charge in [0.15, 0.2) is 0 Å². The molecule has 1 heterocycles. The summed E-state index contributed by atoms with van der Waals surface area (Å²) < 4.78 is 5.51. The Hall–Kier alpha value is -3.73. The molecule has 2 atom stereocenters. The smallest absolute Gasteiger partial charge is 0.239 e. The fourth-order valence-corrected chi connectivity index (χ4v) is 6.48. The predicted molar refractivity (Wildman–Crippen MR) is 123 cm³/mol. The number of carbonyl (C=O) groups is 3. The van der Waals surface area contributed by atoms with E-state index in [1.807, 2.05) is 55.5 Å². The fraction of sp³-hybridized carbons (Fsp3) is 0.250. The van der Waals surface area contributed by atoms with Gasteiger partial charge in [0.05, 0.1) is 29.5 Å². The second-order valence-electron chi connectivity index (χ2n) is 8.96. The standard InChI is InChI=1S/C28H23NO4/c1-3-33-18-14-12-17(13-15-18)29-26(31)24-23-19-8-4-6-10-21(19)28(16(2)30,25(24)27(29)32)22-11-7-5-9-20(22)23/h4-15,23-25H,3H2,1-2H3/t23?,24-,25?,28?/m1/s1. The van der Waals surface area contributed by atoms with E-state index in [0.29, 0.717) is 18.0 Å². The first-order chi connectivity index (χ1) is 16.0. The third-order valence-corrected chi connectivity index (χ3v) is 7.58. The summed E-state index contributed by atoms with van der Waals surface area (Å²) in [6.45, 7) is 3.98. The van der Waals surface area contributed by atoms with Crippen molar-refractivity contribution in [2.75, 3.05) is 11.5 Å². The van der Waals surface area contributed by atoms with Crippen LogP contribution < -0.4 is 9.64 Å². The number of carbonyl (C=O) groups excluding carboxylic acids is 3. The van der Waals surface area contributed by atoms with Crippen molar-refractivity contribution in [2.24, 2.45) is 11.8 Å². The predicted octanol–water partition coefficient (Wildman–Crippen LogP) is 4.23. The van der Waals surface area contributed by atoms with Crippen molar-refractivity contribution >= 4 is 23.3 Å². The molecule has 7 rings (SSSR count). The molecule has 3 aromatic carbocycles. The minimum Gasteiger partial charge on any atom is -0.494 e. The zero-order chi connectivity index (χ0) is 22.9. The Balaban J connectivity index is 1.58. The van der Waals surface area contributed by atoms with Crippen LogP contribution >= 0.6 is 0 Å². The molecule has 5 nitrogen and oxygen atoms in total. The molecular weight excluding hydrogens is 414 g/mol. The van der Waals surface area contributed by atoms with E-state index in [-0.39, 0.29) is 23.5 Å². The maximum absolute atomic E-state index is 14.0. The molecule has 0 saturated carbocycles. The summed E-state index contributed by atoms with van der Waals surface area (Å²) >= 11 is 0. The lowest BCUT2D eigenvalue weighted by atomic mass is 9.46. The highest BCUT2D eigenvalue weighted by Gasteiger charge is 2.69. The van der Waals surface area contributed by atoms with Gasteiger partial charge in [-0.25, -0.2) is 4.90 Å². The minimum absolute atomic E-state index is 0.106. The second-order valence-corrected chi connectivity index (χ2v) is 8.96. The highest BCUT2D eigenvalue weighted by Crippen LogP contribution is 2.64. The van der Waals surface area contributed by atoms with Crippen molar-refractivity contribution < 1.29 is 19.1 Å². The van der Waals surface area contributed by atoms with Gasteiger partial charge in [-0.05, 0) is 60.4 Å². The number of benzene rings is 3. The Morgan fingerprint density at radius 1 is 0.879 bits per heavy atom. The van der Waals surface area contributed by atoms with Gasteiger partial charge in [0.2, 0.25) is 11.8 Å². The summed E-state index contributed by atoms with van der Waals surface area (Å²) in [4.78, 5) is 42.7. The Morgan fingerprint density at radius 2 is 1.45 bits per heavy atom. The van der Waals surface area contributed by atoms with E-state index in [0.717, 1.165) is 22.3 Å². The quantitative estimate of drug-likeness (QED) is 0.573. The number of anilines is 1. The average molecular weight is 437 g/mol. The zero-order valence-electron chi connectivity index (χ0n) is 18.4. The third-order valence-electron chi connectivity index (χ3n) is 7.58. The van der Waals surface area contributed by atoms with E-state index in [1.165, 1.54) is 4.90 Å². The van der Waals surface area contributed by atoms with Gasteiger partial charge in [0.1, 0.15) is 11.5 Å². The molecule has 4 aliphatic rings. The Morgan fingerprint density at radius 3 is 2.00 bits per heavy atom. The first kappa shape index (κ1) is 19.9. The molecule has 1 saturated heterocycles. The normalized spacial score (nSPS) is 26.6. The maximum Gasteiger partial charge on any atom is 0.239 e. The van der Waals surface area contributed by atoms with E-state index in [4.69, 9.17) is 4.74 Å². The molecule has 1 fully saturated rings. The average Bonchev–Trinajstić information content (AvgIpc) is 3.10. The third kappa shape index (κ3) is 2.34. The Labute approximate surface area is 192 Å². The second kappa shape index (κ2) is 6.88. The van der Waals surface area contributed by atoms with Gasteiger partial charge in [-0.1, -0.05) is 48.5 Å². The van der Waals surface area contributed by atoms with Gasteiger partial charge in [-0.2, -0.15) is 0 Å². The van der Waals surface area contributed by atoms with Crippen LogP contribution in [0.3, 0.4) is 0 Å². The van der Waals surface area contributed by atoms with Gasteiger partial charge < -0.3 is 4.74 Å². The number of ketones is 1. The van der Waals surface area contributed by atoms with Gasteiger partial charge in [0.25, 0.3) is 0 Å². The summed E-state index contributed by atoms with van der Waals surface area (Å²) in [5, 5.41) is 0. The van der Waals surface area contributed by atoms with E-state index >= 15 is 0 Å². The van der Waals surface area contributed by atoms with Crippen LogP contribution in [0.25, 0.3) is 0 Å². The molecule has 0 spiro atoms. The summed E-state index contributed by atoms with van der Waals surface area (Å²) in [5.74, 6) is -1.61. The largest absolute Gasteiger partial charge is 0.494 e. The van der Waals surface area contributed by atoms with E-state index < -0.39 is 17.3 Å². The van der Waals surface area contributed by atoms with Gasteiger partial charge >= 0.3 is 0 Å². The van der Waals surface area contributed by atoms with Crippen LogP contribution in [0.5, 0.6) is 5.75 Å². The first-order valence-corrected chi connectivity index (χ1v) is 11.3. The van der Waals surface area contributed by atoms with Crippen LogP contribution in [0, 0.1) is 11.8 Å². The van der Waals surface area contributed by atoms with Crippen LogP contribution in [0.4, 0.5) is 5.69 Å². The molecule has 3 aromatic rings. The van der Waals surface area contributed by atoms with E-state index in [1.54, 1.807) is 31.2 Å². The molecule has 2 bridgehead atoms. The number of Topliss-reactive ketones (excluding diaryl/α,β-unsaturated/α-hetero) is 1. The zero-order valence-corrected chi connectivity index (χ0v) is 18.4. The SMILES string of the molecule is CCOc1ccc(N2C(=O)C3[C@H](C2=O)C2c4ccccc4C3(C(C)=O)c3ccccc32)cc1. The topological polar surface area (TPSA) is 63.7 Å². The molecule has 164 valence electrons. The first-order valence-electron chi connectivity index (χ1n) is 11.3. The lowest BCUT2D eigenvalue weighted by molar-refractivity contribution is -0.132. The van der Waals surface area contributed by atoms with Crippen LogP contribution in [-0.4, -0.2) is 24.2 Å². The van der Waals surface area contributed by atoms with Crippen LogP contribution in [0.15, 0.2) is 72.8 Å². The monoisotopic (exact) mass is 437 g/mol. The molecule has 2 amide bonds. The van der Waals surface area contributed by atoms with Gasteiger partial charge in [0, 0.05) is 5.92 Å². The van der Waals surface area contributed by atoms with Crippen molar-refractivity contribution in [1.29, 1.82) is 0 Å². The summed E-state index contributed by atoms with van der Waals surface area (Å²) in [7, 11) is 0. The number of hydrogen-bond donors (Lipinski definition) is 0. The molecular formula is C28H23NO4. The van der Waals surface area contributed by atoms with Crippen LogP contribution in [-0.2, 0) is 19.8 Å². The number of rotatable bonds is 4. The van der Waals surface area contributed by atoms with Crippen molar-refractivity contribution in [1.82, 2.24) is 0 Å². The number of ether oxygens (including phenoxy) is 1. The minimum atomic E-state index is -1.17. The molecule has 1 aliphatic heterocycles.